The number of aromatic nitrogens is 4. The minimum absolute atomic E-state index is 0.233. The second-order valence-corrected chi connectivity index (χ2v) is 8.81. The van der Waals surface area contributed by atoms with E-state index in [0.717, 1.165) is 60.6 Å². The van der Waals surface area contributed by atoms with Crippen molar-refractivity contribution in [3.05, 3.63) is 53.4 Å². The van der Waals surface area contributed by atoms with Gasteiger partial charge in [-0.1, -0.05) is 0 Å². The molecule has 146 valence electrons. The van der Waals surface area contributed by atoms with Gasteiger partial charge in [0, 0.05) is 40.4 Å². The van der Waals surface area contributed by atoms with Crippen molar-refractivity contribution in [3.63, 3.8) is 0 Å². The van der Waals surface area contributed by atoms with E-state index in [-0.39, 0.29) is 5.92 Å². The number of fused-ring (bicyclic) bond motifs is 1. The van der Waals surface area contributed by atoms with Crippen LogP contribution in [0.15, 0.2) is 42.9 Å². The number of rotatable bonds is 4. The van der Waals surface area contributed by atoms with E-state index < -0.39 is 0 Å². The summed E-state index contributed by atoms with van der Waals surface area (Å²) in [7, 11) is 0. The first kappa shape index (κ1) is 18.1. The molecule has 0 unspecified atom stereocenters. The molecule has 4 aromatic rings. The fraction of sp³-hybridized carbons (Fsp3) is 0.318. The number of pyridine rings is 1. The molecule has 0 bridgehead atoms. The van der Waals surface area contributed by atoms with Gasteiger partial charge < -0.3 is 0 Å². The summed E-state index contributed by atoms with van der Waals surface area (Å²) in [5.41, 5.74) is 5.35. The summed E-state index contributed by atoms with van der Waals surface area (Å²) < 4.78 is 2.16. The van der Waals surface area contributed by atoms with Crippen molar-refractivity contribution in [3.8, 4) is 27.8 Å². The maximum absolute atomic E-state index is 9.08. The second kappa shape index (κ2) is 7.47. The average Bonchev–Trinajstić information content (AvgIpc) is 3.47. The molecule has 0 spiro atoms. The molecule has 0 aromatic carbocycles. The highest BCUT2D eigenvalue weighted by Gasteiger charge is 2.19. The molecule has 1 aliphatic rings. The molecule has 1 saturated heterocycles. The van der Waals surface area contributed by atoms with Crippen LogP contribution in [0.4, 0.5) is 0 Å². The van der Waals surface area contributed by atoms with Crippen LogP contribution >= 0.6 is 11.3 Å². The number of H-pyrrole nitrogens is 1. The summed E-state index contributed by atoms with van der Waals surface area (Å²) in [5.74, 6) is 0.233. The van der Waals surface area contributed by atoms with E-state index >= 15 is 0 Å². The zero-order chi connectivity index (χ0) is 19.8. The van der Waals surface area contributed by atoms with Crippen molar-refractivity contribution >= 4 is 17.0 Å². The van der Waals surface area contributed by atoms with Crippen LogP contribution in [0.25, 0.3) is 27.3 Å². The van der Waals surface area contributed by atoms with Crippen LogP contribution in [0.1, 0.15) is 23.4 Å². The van der Waals surface area contributed by atoms with Gasteiger partial charge >= 0.3 is 0 Å². The van der Waals surface area contributed by atoms with Gasteiger partial charge in [-0.15, -0.1) is 11.3 Å². The molecule has 1 aliphatic heterocycles. The van der Waals surface area contributed by atoms with Crippen molar-refractivity contribution in [2.45, 2.75) is 26.3 Å². The largest absolute Gasteiger partial charge is 0.298 e. The Bertz CT molecular complexity index is 1190. The number of thiophene rings is 1. The lowest BCUT2D eigenvalue weighted by Crippen LogP contribution is -2.32. The molecule has 5 heterocycles. The first-order valence-corrected chi connectivity index (χ1v) is 10.7. The van der Waals surface area contributed by atoms with Gasteiger partial charge in [-0.2, -0.15) is 10.4 Å². The van der Waals surface area contributed by atoms with Crippen molar-refractivity contribution in [2.24, 2.45) is 5.92 Å². The molecular weight excluding hydrogens is 380 g/mol. The molecule has 4 aromatic heterocycles. The lowest BCUT2D eigenvalue weighted by atomic mass is 9.99. The van der Waals surface area contributed by atoms with Crippen LogP contribution in [-0.2, 0) is 6.54 Å². The Morgan fingerprint density at radius 1 is 1.21 bits per heavy atom. The smallest absolute Gasteiger partial charge is 0.137 e. The van der Waals surface area contributed by atoms with E-state index in [4.69, 9.17) is 5.26 Å². The van der Waals surface area contributed by atoms with Gasteiger partial charge in [0.1, 0.15) is 5.65 Å². The quantitative estimate of drug-likeness (QED) is 0.546. The van der Waals surface area contributed by atoms with Gasteiger partial charge in [0.05, 0.1) is 29.0 Å². The zero-order valence-electron chi connectivity index (χ0n) is 16.3. The van der Waals surface area contributed by atoms with E-state index in [1.807, 2.05) is 30.7 Å². The second-order valence-electron chi connectivity index (χ2n) is 7.64. The zero-order valence-corrected chi connectivity index (χ0v) is 17.1. The molecule has 6 nitrogen and oxygen atoms in total. The Morgan fingerprint density at radius 3 is 2.83 bits per heavy atom. The minimum Gasteiger partial charge on any atom is -0.298 e. The first-order valence-electron chi connectivity index (χ1n) is 9.90. The van der Waals surface area contributed by atoms with Gasteiger partial charge in [-0.05, 0) is 57.1 Å². The monoisotopic (exact) mass is 402 g/mol. The molecular formula is C22H22N6S. The summed E-state index contributed by atoms with van der Waals surface area (Å²) in [4.78, 5) is 9.62. The maximum Gasteiger partial charge on any atom is 0.137 e. The van der Waals surface area contributed by atoms with E-state index in [9.17, 15) is 0 Å². The summed E-state index contributed by atoms with van der Waals surface area (Å²) in [5, 5.41) is 16.2. The predicted molar refractivity (Wildman–Crippen MR) is 114 cm³/mol. The number of aromatic amines is 1. The Hall–Kier alpha value is -2.95. The van der Waals surface area contributed by atoms with Crippen LogP contribution in [-0.4, -0.2) is 37.6 Å². The summed E-state index contributed by atoms with van der Waals surface area (Å²) >= 11 is 1.83. The SMILES string of the molecule is Cc1[nH]ncc1-c1ccc2ncc(-c3ccc(CN4CCC(C#N)CC4)s3)n2c1. The van der Waals surface area contributed by atoms with Crippen LogP contribution in [0.2, 0.25) is 0 Å². The van der Waals surface area contributed by atoms with Crippen molar-refractivity contribution in [1.82, 2.24) is 24.5 Å². The van der Waals surface area contributed by atoms with Crippen molar-refractivity contribution < 1.29 is 0 Å². The molecule has 7 heteroatoms. The van der Waals surface area contributed by atoms with Crippen molar-refractivity contribution in [1.29, 1.82) is 5.26 Å². The van der Waals surface area contributed by atoms with Gasteiger partial charge in [0.2, 0.25) is 0 Å². The molecule has 0 atom stereocenters. The first-order chi connectivity index (χ1) is 14.2. The lowest BCUT2D eigenvalue weighted by molar-refractivity contribution is 0.199. The third-order valence-corrected chi connectivity index (χ3v) is 6.80. The Balaban J connectivity index is 1.40. The number of piperidine rings is 1. The van der Waals surface area contributed by atoms with E-state index in [2.05, 4.69) is 61.0 Å². The molecule has 1 N–H and O–H groups in total. The number of hydrogen-bond acceptors (Lipinski definition) is 5. The number of nitrogens with zero attached hydrogens (tertiary/aromatic N) is 5. The number of imidazole rings is 1. The number of aryl methyl sites for hydroxylation is 1. The summed E-state index contributed by atoms with van der Waals surface area (Å²) in [6.45, 7) is 5.01. The Morgan fingerprint density at radius 2 is 2.07 bits per heavy atom. The molecule has 5 rings (SSSR count). The third-order valence-electron chi connectivity index (χ3n) is 5.71. The fourth-order valence-electron chi connectivity index (χ4n) is 4.01. The predicted octanol–water partition coefficient (Wildman–Crippen LogP) is 4.50. The summed E-state index contributed by atoms with van der Waals surface area (Å²) in [6, 6.07) is 11.0. The average molecular weight is 403 g/mol. The highest BCUT2D eigenvalue weighted by Crippen LogP contribution is 2.31. The number of hydrogen-bond donors (Lipinski definition) is 1. The van der Waals surface area contributed by atoms with Crippen LogP contribution in [0, 0.1) is 24.2 Å². The molecule has 0 radical (unpaired) electrons. The van der Waals surface area contributed by atoms with Crippen LogP contribution < -0.4 is 0 Å². The standard InChI is InChI=1S/C22H22N6S/c1-15-19(11-25-26-15)17-2-5-22-24-12-20(28(22)13-17)21-4-3-18(29-21)14-27-8-6-16(10-23)7-9-27/h2-5,11-13,16H,6-9,14H2,1H3,(H,25,26). The molecule has 0 saturated carbocycles. The lowest BCUT2D eigenvalue weighted by Gasteiger charge is -2.28. The van der Waals surface area contributed by atoms with Crippen LogP contribution in [0.5, 0.6) is 0 Å². The fourth-order valence-corrected chi connectivity index (χ4v) is 5.06. The highest BCUT2D eigenvalue weighted by molar-refractivity contribution is 7.15. The Labute approximate surface area is 173 Å². The molecule has 0 aliphatic carbocycles. The van der Waals surface area contributed by atoms with E-state index in [1.165, 1.54) is 9.75 Å². The molecule has 1 fully saturated rings. The van der Waals surface area contributed by atoms with Gasteiger partial charge in [-0.25, -0.2) is 4.98 Å². The Kier molecular flexibility index (Phi) is 4.66. The summed E-state index contributed by atoms with van der Waals surface area (Å²) in [6.07, 6.45) is 7.93. The molecule has 29 heavy (non-hydrogen) atoms. The maximum atomic E-state index is 9.08. The topological polar surface area (TPSA) is 73.0 Å². The van der Waals surface area contributed by atoms with Gasteiger partial charge in [-0.3, -0.25) is 14.4 Å². The number of nitriles is 1. The van der Waals surface area contributed by atoms with Gasteiger partial charge in [0.15, 0.2) is 0 Å². The van der Waals surface area contributed by atoms with Gasteiger partial charge in [0.25, 0.3) is 0 Å². The molecule has 0 amide bonds. The van der Waals surface area contributed by atoms with E-state index in [1.54, 1.807) is 0 Å². The highest BCUT2D eigenvalue weighted by atomic mass is 32.1. The number of nitrogens with one attached hydrogen (secondary N) is 1. The van der Waals surface area contributed by atoms with E-state index in [0.29, 0.717) is 0 Å². The van der Waals surface area contributed by atoms with Crippen LogP contribution in [0.3, 0.4) is 0 Å². The normalized spacial score (nSPS) is 15.7. The van der Waals surface area contributed by atoms with Crippen molar-refractivity contribution in [2.75, 3.05) is 13.1 Å². The minimum atomic E-state index is 0.233. The number of likely N-dealkylation sites (tertiary alicyclic amines) is 1. The third kappa shape index (κ3) is 3.46.